The van der Waals surface area contributed by atoms with Crippen molar-refractivity contribution >= 4 is 17.7 Å². The van der Waals surface area contributed by atoms with Crippen molar-refractivity contribution in [2.24, 2.45) is 5.92 Å². The van der Waals surface area contributed by atoms with Gasteiger partial charge in [0.25, 0.3) is 0 Å². The number of nitrogens with zero attached hydrogens (tertiary/aromatic N) is 1. The highest BCUT2D eigenvalue weighted by molar-refractivity contribution is 6.29. The summed E-state index contributed by atoms with van der Waals surface area (Å²) < 4.78 is 0. The Bertz CT molecular complexity index is 326. The molecule has 1 saturated heterocycles. The van der Waals surface area contributed by atoms with Gasteiger partial charge < -0.3 is 5.32 Å². The van der Waals surface area contributed by atoms with Crippen molar-refractivity contribution < 1.29 is 0 Å². The molecule has 0 amide bonds. The van der Waals surface area contributed by atoms with E-state index in [1.807, 2.05) is 12.1 Å². The third-order valence-corrected chi connectivity index (χ3v) is 2.87. The molecule has 15 heavy (non-hydrogen) atoms. The van der Waals surface area contributed by atoms with Gasteiger partial charge in [-0.25, -0.2) is 4.98 Å². The van der Waals surface area contributed by atoms with Gasteiger partial charge in [-0.1, -0.05) is 29.8 Å². The molecule has 80 valence electrons. The molecule has 3 heteroatoms. The smallest absolute Gasteiger partial charge is 0.129 e. The number of halogens is 1. The maximum Gasteiger partial charge on any atom is 0.129 e. The number of aromatic nitrogens is 1. The topological polar surface area (TPSA) is 24.9 Å². The lowest BCUT2D eigenvalue weighted by atomic mass is 9.98. The molecule has 1 N–H and O–H groups in total. The quantitative estimate of drug-likeness (QED) is 0.779. The summed E-state index contributed by atoms with van der Waals surface area (Å²) in [5.74, 6) is 0.662. The van der Waals surface area contributed by atoms with Gasteiger partial charge in [0.1, 0.15) is 5.15 Å². The third-order valence-electron chi connectivity index (χ3n) is 2.65. The summed E-state index contributed by atoms with van der Waals surface area (Å²) in [5, 5.41) is 3.94. The normalized spacial score (nSPS) is 22.1. The highest BCUT2D eigenvalue weighted by Crippen LogP contribution is 2.14. The van der Waals surface area contributed by atoms with Crippen LogP contribution < -0.4 is 5.32 Å². The second kappa shape index (κ2) is 5.29. The fraction of sp³-hybridized carbons (Fsp3) is 0.417. The Morgan fingerprint density at radius 1 is 1.47 bits per heavy atom. The Morgan fingerprint density at radius 2 is 2.40 bits per heavy atom. The van der Waals surface area contributed by atoms with Gasteiger partial charge in [-0.15, -0.1) is 0 Å². The first-order chi connectivity index (χ1) is 7.34. The number of rotatable bonds is 2. The number of hydrogen-bond acceptors (Lipinski definition) is 2. The maximum atomic E-state index is 5.72. The van der Waals surface area contributed by atoms with Gasteiger partial charge in [0.2, 0.25) is 0 Å². The highest BCUT2D eigenvalue weighted by Gasteiger charge is 2.08. The molecule has 2 rings (SSSR count). The van der Waals surface area contributed by atoms with Crippen LogP contribution in [0.25, 0.3) is 6.08 Å². The number of pyridine rings is 1. The van der Waals surface area contributed by atoms with Crippen LogP contribution in [0.3, 0.4) is 0 Å². The van der Waals surface area contributed by atoms with Gasteiger partial charge in [-0.2, -0.15) is 0 Å². The minimum Gasteiger partial charge on any atom is -0.316 e. The first-order valence-electron chi connectivity index (χ1n) is 5.35. The van der Waals surface area contributed by atoms with Crippen molar-refractivity contribution in [1.82, 2.24) is 10.3 Å². The SMILES string of the molecule is Clc1ccc(/C=C/[C@@H]2CCCNC2)cn1. The van der Waals surface area contributed by atoms with Gasteiger partial charge in [-0.3, -0.25) is 0 Å². The predicted octanol–water partition coefficient (Wildman–Crippen LogP) is 2.75. The zero-order valence-corrected chi connectivity index (χ0v) is 9.37. The van der Waals surface area contributed by atoms with Crippen molar-refractivity contribution in [1.29, 1.82) is 0 Å². The maximum absolute atomic E-state index is 5.72. The van der Waals surface area contributed by atoms with E-state index in [1.165, 1.54) is 12.8 Å². The Balaban J connectivity index is 1.95. The molecule has 0 radical (unpaired) electrons. The summed E-state index contributed by atoms with van der Waals surface area (Å²) in [7, 11) is 0. The van der Waals surface area contributed by atoms with Crippen LogP contribution >= 0.6 is 11.6 Å². The second-order valence-corrected chi connectivity index (χ2v) is 4.27. The van der Waals surface area contributed by atoms with Crippen LogP contribution in [0.4, 0.5) is 0 Å². The molecule has 1 aliphatic rings. The molecular formula is C12H15ClN2. The lowest BCUT2D eigenvalue weighted by Crippen LogP contribution is -2.28. The molecular weight excluding hydrogens is 208 g/mol. The molecule has 1 atom stereocenters. The standard InChI is InChI=1S/C12H15ClN2/c13-12-6-5-11(9-15-12)4-3-10-2-1-7-14-8-10/h3-6,9-10,14H,1-2,7-8H2/b4-3+/t10-/m0/s1. The van der Waals surface area contributed by atoms with Crippen LogP contribution in [0.15, 0.2) is 24.4 Å². The van der Waals surface area contributed by atoms with Crippen LogP contribution in [0.1, 0.15) is 18.4 Å². The highest BCUT2D eigenvalue weighted by atomic mass is 35.5. The van der Waals surface area contributed by atoms with Crippen molar-refractivity contribution in [3.63, 3.8) is 0 Å². The van der Waals surface area contributed by atoms with Crippen LogP contribution in [-0.4, -0.2) is 18.1 Å². The van der Waals surface area contributed by atoms with E-state index in [0.717, 1.165) is 18.7 Å². The van der Waals surface area contributed by atoms with E-state index < -0.39 is 0 Å². The minimum atomic E-state index is 0.548. The zero-order chi connectivity index (χ0) is 10.5. The van der Waals surface area contributed by atoms with Crippen molar-refractivity contribution in [2.75, 3.05) is 13.1 Å². The summed E-state index contributed by atoms with van der Waals surface area (Å²) in [4.78, 5) is 4.04. The van der Waals surface area contributed by atoms with Gasteiger partial charge in [0.15, 0.2) is 0 Å². The second-order valence-electron chi connectivity index (χ2n) is 3.88. The minimum absolute atomic E-state index is 0.548. The fourth-order valence-corrected chi connectivity index (χ4v) is 1.89. The van der Waals surface area contributed by atoms with Gasteiger partial charge >= 0.3 is 0 Å². The van der Waals surface area contributed by atoms with Crippen LogP contribution in [0, 0.1) is 5.92 Å². The van der Waals surface area contributed by atoms with Crippen LogP contribution in [0.5, 0.6) is 0 Å². The van der Waals surface area contributed by atoms with E-state index >= 15 is 0 Å². The molecule has 0 aliphatic carbocycles. The molecule has 0 spiro atoms. The van der Waals surface area contributed by atoms with Gasteiger partial charge in [-0.05, 0) is 36.9 Å². The first-order valence-corrected chi connectivity index (χ1v) is 5.73. The summed E-state index contributed by atoms with van der Waals surface area (Å²) >= 11 is 5.72. The Labute approximate surface area is 95.4 Å². The van der Waals surface area contributed by atoms with E-state index in [0.29, 0.717) is 11.1 Å². The Hall–Kier alpha value is -0.860. The molecule has 0 aromatic carbocycles. The monoisotopic (exact) mass is 222 g/mol. The summed E-state index contributed by atoms with van der Waals surface area (Å²) in [6.07, 6.45) is 8.74. The predicted molar refractivity (Wildman–Crippen MR) is 63.9 cm³/mol. The summed E-state index contributed by atoms with van der Waals surface area (Å²) in [6.45, 7) is 2.25. The lowest BCUT2D eigenvalue weighted by Gasteiger charge is -2.19. The van der Waals surface area contributed by atoms with Crippen molar-refractivity contribution in [3.05, 3.63) is 35.1 Å². The molecule has 0 bridgehead atoms. The molecule has 1 fully saturated rings. The summed E-state index contributed by atoms with van der Waals surface area (Å²) in [5.41, 5.74) is 1.12. The molecule has 2 nitrogen and oxygen atoms in total. The van der Waals surface area contributed by atoms with E-state index in [1.54, 1.807) is 6.20 Å². The van der Waals surface area contributed by atoms with E-state index in [9.17, 15) is 0 Å². The average Bonchev–Trinajstić information content (AvgIpc) is 2.30. The molecule has 0 saturated carbocycles. The molecule has 1 aromatic heterocycles. The molecule has 0 unspecified atom stereocenters. The molecule has 1 aromatic rings. The average molecular weight is 223 g/mol. The zero-order valence-electron chi connectivity index (χ0n) is 8.62. The van der Waals surface area contributed by atoms with Crippen LogP contribution in [0.2, 0.25) is 5.15 Å². The molecule has 1 aliphatic heterocycles. The summed E-state index contributed by atoms with van der Waals surface area (Å²) in [6, 6.07) is 3.81. The fourth-order valence-electron chi connectivity index (χ4n) is 1.78. The Kier molecular flexibility index (Phi) is 3.75. The largest absolute Gasteiger partial charge is 0.316 e. The number of nitrogens with one attached hydrogen (secondary N) is 1. The van der Waals surface area contributed by atoms with Gasteiger partial charge in [0.05, 0.1) is 0 Å². The lowest BCUT2D eigenvalue weighted by molar-refractivity contribution is 0.439. The van der Waals surface area contributed by atoms with Crippen molar-refractivity contribution in [2.45, 2.75) is 12.8 Å². The van der Waals surface area contributed by atoms with Crippen LogP contribution in [-0.2, 0) is 0 Å². The molecule has 2 heterocycles. The Morgan fingerprint density at radius 3 is 3.07 bits per heavy atom. The van der Waals surface area contributed by atoms with E-state index in [2.05, 4.69) is 22.5 Å². The van der Waals surface area contributed by atoms with Crippen molar-refractivity contribution in [3.8, 4) is 0 Å². The number of piperidine rings is 1. The van der Waals surface area contributed by atoms with E-state index in [4.69, 9.17) is 11.6 Å². The third kappa shape index (κ3) is 3.33. The number of hydrogen-bond donors (Lipinski definition) is 1. The van der Waals surface area contributed by atoms with E-state index in [-0.39, 0.29) is 0 Å². The first kappa shape index (κ1) is 10.7. The van der Waals surface area contributed by atoms with Gasteiger partial charge in [0, 0.05) is 12.7 Å².